The maximum atomic E-state index is 5.52. The summed E-state index contributed by atoms with van der Waals surface area (Å²) >= 11 is 0. The first kappa shape index (κ1) is 7.55. The molecule has 3 nitrogen and oxygen atoms in total. The monoisotopic (exact) mass is 164 g/mol. The van der Waals surface area contributed by atoms with Crippen LogP contribution in [0.1, 0.15) is 24.6 Å². The molecule has 2 N–H and O–H groups in total. The van der Waals surface area contributed by atoms with Crippen molar-refractivity contribution in [2.24, 2.45) is 0 Å². The molecule has 1 aromatic rings. The van der Waals surface area contributed by atoms with Crippen LogP contribution in [-0.2, 0) is 4.74 Å². The van der Waals surface area contributed by atoms with Crippen molar-refractivity contribution in [3.63, 3.8) is 0 Å². The van der Waals surface area contributed by atoms with Gasteiger partial charge in [0.2, 0.25) is 0 Å². The average Bonchev–Trinajstić information content (AvgIpc) is 2.58. The minimum absolute atomic E-state index is 0.200. The second-order valence-corrected chi connectivity index (χ2v) is 3.02. The second-order valence-electron chi connectivity index (χ2n) is 3.02. The third-order valence-electron chi connectivity index (χ3n) is 2.07. The number of hydrogen-bond acceptors (Lipinski definition) is 3. The number of ether oxygens (including phenoxy) is 1. The molecule has 3 heteroatoms. The van der Waals surface area contributed by atoms with Crippen LogP contribution in [0.4, 0.5) is 5.69 Å². The summed E-state index contributed by atoms with van der Waals surface area (Å²) in [5.74, 6) is 0. The molecule has 1 aliphatic rings. The van der Waals surface area contributed by atoms with E-state index < -0.39 is 0 Å². The first-order chi connectivity index (χ1) is 5.86. The van der Waals surface area contributed by atoms with E-state index in [1.54, 1.807) is 6.20 Å². The lowest BCUT2D eigenvalue weighted by molar-refractivity contribution is 0.108. The van der Waals surface area contributed by atoms with Gasteiger partial charge in [0, 0.05) is 6.61 Å². The summed E-state index contributed by atoms with van der Waals surface area (Å²) in [7, 11) is 0. The fourth-order valence-corrected chi connectivity index (χ4v) is 1.42. The van der Waals surface area contributed by atoms with E-state index in [1.807, 2.05) is 12.1 Å². The topological polar surface area (TPSA) is 48.1 Å². The predicted octanol–water partition coefficient (Wildman–Crippen LogP) is 1.52. The van der Waals surface area contributed by atoms with E-state index in [-0.39, 0.29) is 6.10 Å². The Labute approximate surface area is 71.6 Å². The van der Waals surface area contributed by atoms with Gasteiger partial charge in [0.05, 0.1) is 23.7 Å². The average molecular weight is 164 g/mol. The van der Waals surface area contributed by atoms with Crippen molar-refractivity contribution in [2.75, 3.05) is 12.3 Å². The lowest BCUT2D eigenvalue weighted by Crippen LogP contribution is -1.99. The van der Waals surface area contributed by atoms with Gasteiger partial charge >= 0.3 is 0 Å². The Morgan fingerprint density at radius 1 is 1.50 bits per heavy atom. The van der Waals surface area contributed by atoms with Gasteiger partial charge in [0.25, 0.3) is 0 Å². The standard InChI is InChI=1S/C9H12N2O/c10-7-3-4-8(11-6-7)9-2-1-5-12-9/h3-4,6,9H,1-2,5,10H2. The maximum Gasteiger partial charge on any atom is 0.0995 e. The number of hydrogen-bond donors (Lipinski definition) is 1. The van der Waals surface area contributed by atoms with Gasteiger partial charge in [-0.15, -0.1) is 0 Å². The van der Waals surface area contributed by atoms with E-state index in [0.29, 0.717) is 5.69 Å². The molecule has 0 radical (unpaired) electrons. The van der Waals surface area contributed by atoms with Crippen molar-refractivity contribution in [1.29, 1.82) is 0 Å². The summed E-state index contributed by atoms with van der Waals surface area (Å²) in [4.78, 5) is 4.21. The zero-order valence-corrected chi connectivity index (χ0v) is 6.86. The van der Waals surface area contributed by atoms with Crippen molar-refractivity contribution in [3.05, 3.63) is 24.0 Å². The van der Waals surface area contributed by atoms with E-state index in [9.17, 15) is 0 Å². The molecule has 1 aliphatic heterocycles. The molecule has 0 amide bonds. The van der Waals surface area contributed by atoms with Crippen molar-refractivity contribution < 1.29 is 4.74 Å². The van der Waals surface area contributed by atoms with Crippen LogP contribution in [0.2, 0.25) is 0 Å². The van der Waals surface area contributed by atoms with Gasteiger partial charge in [-0.1, -0.05) is 0 Å². The van der Waals surface area contributed by atoms with Crippen molar-refractivity contribution in [1.82, 2.24) is 4.98 Å². The first-order valence-electron chi connectivity index (χ1n) is 4.19. The fraction of sp³-hybridized carbons (Fsp3) is 0.444. The minimum Gasteiger partial charge on any atom is -0.397 e. The van der Waals surface area contributed by atoms with Crippen LogP contribution < -0.4 is 5.73 Å². The highest BCUT2D eigenvalue weighted by Crippen LogP contribution is 2.26. The molecule has 0 aromatic carbocycles. The molecule has 1 saturated heterocycles. The van der Waals surface area contributed by atoms with Gasteiger partial charge in [-0.2, -0.15) is 0 Å². The summed E-state index contributed by atoms with van der Waals surface area (Å²) in [6, 6.07) is 3.80. The van der Waals surface area contributed by atoms with Gasteiger partial charge in [-0.05, 0) is 25.0 Å². The molecule has 2 heterocycles. The number of nitrogen functional groups attached to an aromatic ring is 1. The SMILES string of the molecule is Nc1ccc(C2CCCO2)nc1. The minimum atomic E-state index is 0.200. The number of pyridine rings is 1. The van der Waals surface area contributed by atoms with Gasteiger partial charge in [0.1, 0.15) is 0 Å². The Bertz CT molecular complexity index is 252. The summed E-state index contributed by atoms with van der Waals surface area (Å²) in [6.45, 7) is 0.858. The highest BCUT2D eigenvalue weighted by molar-refractivity contribution is 5.34. The summed E-state index contributed by atoms with van der Waals surface area (Å²) < 4.78 is 5.48. The Hall–Kier alpha value is -1.09. The van der Waals surface area contributed by atoms with Crippen LogP contribution in [0.15, 0.2) is 18.3 Å². The number of rotatable bonds is 1. The molecular weight excluding hydrogens is 152 g/mol. The number of nitrogens with two attached hydrogens (primary N) is 1. The quantitative estimate of drug-likeness (QED) is 0.684. The van der Waals surface area contributed by atoms with Crippen LogP contribution >= 0.6 is 0 Å². The molecule has 12 heavy (non-hydrogen) atoms. The van der Waals surface area contributed by atoms with Crippen LogP contribution in [0.5, 0.6) is 0 Å². The van der Waals surface area contributed by atoms with Gasteiger partial charge in [-0.25, -0.2) is 0 Å². The van der Waals surface area contributed by atoms with Gasteiger partial charge < -0.3 is 10.5 Å². The van der Waals surface area contributed by atoms with E-state index in [4.69, 9.17) is 10.5 Å². The largest absolute Gasteiger partial charge is 0.397 e. The third kappa shape index (κ3) is 1.41. The predicted molar refractivity (Wildman–Crippen MR) is 46.6 cm³/mol. The van der Waals surface area contributed by atoms with Crippen molar-refractivity contribution >= 4 is 5.69 Å². The molecule has 2 rings (SSSR count). The first-order valence-corrected chi connectivity index (χ1v) is 4.19. The molecule has 0 saturated carbocycles. The molecule has 0 spiro atoms. The normalized spacial score (nSPS) is 22.8. The molecule has 1 atom stereocenters. The lowest BCUT2D eigenvalue weighted by Gasteiger charge is -2.07. The Kier molecular flexibility index (Phi) is 1.96. The highest BCUT2D eigenvalue weighted by Gasteiger charge is 2.18. The van der Waals surface area contributed by atoms with Crippen LogP contribution in [0, 0.1) is 0 Å². The summed E-state index contributed by atoms with van der Waals surface area (Å²) in [6.07, 6.45) is 4.09. The maximum absolute atomic E-state index is 5.52. The second kappa shape index (κ2) is 3.11. The number of nitrogens with zero attached hydrogens (tertiary/aromatic N) is 1. The van der Waals surface area contributed by atoms with Crippen molar-refractivity contribution in [3.8, 4) is 0 Å². The summed E-state index contributed by atoms with van der Waals surface area (Å²) in [5.41, 5.74) is 7.23. The zero-order valence-electron chi connectivity index (χ0n) is 6.86. The summed E-state index contributed by atoms with van der Waals surface area (Å²) in [5, 5.41) is 0. The van der Waals surface area contributed by atoms with E-state index in [1.165, 1.54) is 0 Å². The molecular formula is C9H12N2O. The molecule has 1 fully saturated rings. The van der Waals surface area contributed by atoms with E-state index in [2.05, 4.69) is 4.98 Å². The zero-order chi connectivity index (χ0) is 8.39. The fourth-order valence-electron chi connectivity index (χ4n) is 1.42. The van der Waals surface area contributed by atoms with E-state index >= 15 is 0 Å². The number of aromatic nitrogens is 1. The molecule has 1 unspecified atom stereocenters. The molecule has 64 valence electrons. The highest BCUT2D eigenvalue weighted by atomic mass is 16.5. The van der Waals surface area contributed by atoms with E-state index in [0.717, 1.165) is 25.1 Å². The lowest BCUT2D eigenvalue weighted by atomic mass is 10.1. The Morgan fingerprint density at radius 3 is 3.00 bits per heavy atom. The molecule has 0 aliphatic carbocycles. The van der Waals surface area contributed by atoms with Crippen LogP contribution in [-0.4, -0.2) is 11.6 Å². The van der Waals surface area contributed by atoms with Crippen LogP contribution in [0.25, 0.3) is 0 Å². The molecule has 0 bridgehead atoms. The smallest absolute Gasteiger partial charge is 0.0995 e. The molecule has 1 aromatic heterocycles. The van der Waals surface area contributed by atoms with Crippen LogP contribution in [0.3, 0.4) is 0 Å². The van der Waals surface area contributed by atoms with Gasteiger partial charge in [0.15, 0.2) is 0 Å². The Balaban J connectivity index is 2.17. The third-order valence-corrected chi connectivity index (χ3v) is 2.07. The Morgan fingerprint density at radius 2 is 2.42 bits per heavy atom. The number of anilines is 1. The van der Waals surface area contributed by atoms with Crippen molar-refractivity contribution in [2.45, 2.75) is 18.9 Å². The van der Waals surface area contributed by atoms with Gasteiger partial charge in [-0.3, -0.25) is 4.98 Å².